The van der Waals surface area contributed by atoms with E-state index in [9.17, 15) is 9.59 Å². The van der Waals surface area contributed by atoms with Gasteiger partial charge in [0.05, 0.1) is 13.2 Å². The van der Waals surface area contributed by atoms with Crippen LogP contribution in [0.15, 0.2) is 24.3 Å². The molecule has 1 aliphatic rings. The Morgan fingerprint density at radius 3 is 2.37 bits per heavy atom. The number of amides is 2. The van der Waals surface area contributed by atoms with Crippen LogP contribution in [0.4, 0.5) is 0 Å². The summed E-state index contributed by atoms with van der Waals surface area (Å²) >= 11 is 0. The second kappa shape index (κ2) is 10.3. The molecule has 2 atom stereocenters. The molecule has 0 spiro atoms. The van der Waals surface area contributed by atoms with Gasteiger partial charge in [-0.3, -0.25) is 14.5 Å². The van der Waals surface area contributed by atoms with Gasteiger partial charge >= 0.3 is 0 Å². The molecule has 0 aliphatic carbocycles. The Hall–Kier alpha value is -2.12. The molecule has 1 aliphatic heterocycles. The summed E-state index contributed by atoms with van der Waals surface area (Å²) < 4.78 is 5.09. The van der Waals surface area contributed by atoms with Crippen LogP contribution in [0.1, 0.15) is 30.6 Å². The highest BCUT2D eigenvalue weighted by atomic mass is 16.5. The molecule has 3 N–H and O–H groups in total. The molecule has 1 aromatic rings. The van der Waals surface area contributed by atoms with Crippen molar-refractivity contribution in [2.75, 3.05) is 46.4 Å². The third-order valence-electron chi connectivity index (χ3n) is 5.29. The van der Waals surface area contributed by atoms with Gasteiger partial charge in [0.1, 0.15) is 5.75 Å². The van der Waals surface area contributed by atoms with Crippen LogP contribution >= 0.6 is 0 Å². The fraction of sp³-hybridized carbons (Fsp3) is 0.600. The van der Waals surface area contributed by atoms with Gasteiger partial charge in [0, 0.05) is 44.8 Å². The molecule has 1 aromatic carbocycles. The van der Waals surface area contributed by atoms with E-state index in [2.05, 4.69) is 17.1 Å². The zero-order chi connectivity index (χ0) is 19.8. The fourth-order valence-corrected chi connectivity index (χ4v) is 3.07. The van der Waals surface area contributed by atoms with Crippen molar-refractivity contribution in [1.82, 2.24) is 15.1 Å². The maximum absolute atomic E-state index is 12.4. The van der Waals surface area contributed by atoms with Gasteiger partial charge in [0.15, 0.2) is 0 Å². The lowest BCUT2D eigenvalue weighted by Crippen LogP contribution is -2.55. The van der Waals surface area contributed by atoms with E-state index in [-0.39, 0.29) is 17.7 Å². The molecular weight excluding hydrogens is 344 g/mol. The number of benzene rings is 1. The first kappa shape index (κ1) is 21.2. The first-order valence-corrected chi connectivity index (χ1v) is 9.65. The maximum Gasteiger partial charge on any atom is 0.251 e. The van der Waals surface area contributed by atoms with Gasteiger partial charge in [-0.05, 0) is 30.2 Å². The Morgan fingerprint density at radius 2 is 1.81 bits per heavy atom. The molecule has 7 nitrogen and oxygen atoms in total. The summed E-state index contributed by atoms with van der Waals surface area (Å²) in [6, 6.07) is 6.63. The van der Waals surface area contributed by atoms with Crippen LogP contribution in [0.5, 0.6) is 5.75 Å². The van der Waals surface area contributed by atoms with E-state index in [0.717, 1.165) is 31.8 Å². The molecule has 1 fully saturated rings. The second-order valence-electron chi connectivity index (χ2n) is 7.06. The van der Waals surface area contributed by atoms with Gasteiger partial charge in [-0.15, -0.1) is 0 Å². The summed E-state index contributed by atoms with van der Waals surface area (Å²) in [5.41, 5.74) is 6.68. The molecule has 2 rings (SSSR count). The predicted octanol–water partition coefficient (Wildman–Crippen LogP) is 0.943. The lowest BCUT2D eigenvalue weighted by Gasteiger charge is -2.36. The average molecular weight is 377 g/mol. The van der Waals surface area contributed by atoms with Crippen LogP contribution in [0.25, 0.3) is 0 Å². The number of nitrogens with one attached hydrogen (secondary N) is 1. The Balaban J connectivity index is 1.70. The first-order chi connectivity index (χ1) is 13.0. The fourth-order valence-electron chi connectivity index (χ4n) is 3.07. The van der Waals surface area contributed by atoms with Gasteiger partial charge in [0.25, 0.3) is 5.91 Å². The summed E-state index contributed by atoms with van der Waals surface area (Å²) in [6.45, 7) is 8.40. The smallest absolute Gasteiger partial charge is 0.251 e. The predicted molar refractivity (Wildman–Crippen MR) is 106 cm³/mol. The lowest BCUT2D eigenvalue weighted by molar-refractivity contribution is -0.135. The highest BCUT2D eigenvalue weighted by Crippen LogP contribution is 2.12. The Bertz CT molecular complexity index is 612. The number of hydrogen-bond acceptors (Lipinski definition) is 5. The minimum atomic E-state index is -0.412. The molecule has 27 heavy (non-hydrogen) atoms. The molecule has 0 saturated carbocycles. The molecule has 0 aromatic heterocycles. The number of piperazine rings is 1. The third kappa shape index (κ3) is 5.94. The molecule has 0 bridgehead atoms. The van der Waals surface area contributed by atoms with E-state index < -0.39 is 6.04 Å². The summed E-state index contributed by atoms with van der Waals surface area (Å²) in [7, 11) is 1.60. The van der Waals surface area contributed by atoms with Crippen LogP contribution in [0, 0.1) is 5.92 Å². The van der Waals surface area contributed by atoms with Crippen molar-refractivity contribution in [3.8, 4) is 5.75 Å². The topological polar surface area (TPSA) is 87.9 Å². The summed E-state index contributed by atoms with van der Waals surface area (Å²) in [4.78, 5) is 28.7. The Morgan fingerprint density at radius 1 is 1.19 bits per heavy atom. The quantitative estimate of drug-likeness (QED) is 0.705. The number of nitrogens with zero attached hydrogens (tertiary/aromatic N) is 2. The van der Waals surface area contributed by atoms with E-state index in [1.807, 2.05) is 11.8 Å². The van der Waals surface area contributed by atoms with Gasteiger partial charge in [-0.2, -0.15) is 0 Å². The SMILES string of the molecule is CCC(C)C(N)C(=O)N1CCN(CCNC(=O)c2ccc(OC)cc2)CC1. The van der Waals surface area contributed by atoms with Crippen molar-refractivity contribution in [3.05, 3.63) is 29.8 Å². The van der Waals surface area contributed by atoms with Crippen molar-refractivity contribution < 1.29 is 14.3 Å². The van der Waals surface area contributed by atoms with Crippen molar-refractivity contribution in [2.24, 2.45) is 11.7 Å². The van der Waals surface area contributed by atoms with Crippen molar-refractivity contribution in [1.29, 1.82) is 0 Å². The number of ether oxygens (including phenoxy) is 1. The number of nitrogens with two attached hydrogens (primary N) is 1. The minimum Gasteiger partial charge on any atom is -0.497 e. The zero-order valence-corrected chi connectivity index (χ0v) is 16.6. The highest BCUT2D eigenvalue weighted by Gasteiger charge is 2.27. The summed E-state index contributed by atoms with van der Waals surface area (Å²) in [6.07, 6.45) is 0.904. The highest BCUT2D eigenvalue weighted by molar-refractivity contribution is 5.94. The van der Waals surface area contributed by atoms with Crippen molar-refractivity contribution in [3.63, 3.8) is 0 Å². The van der Waals surface area contributed by atoms with Crippen LogP contribution in [0.3, 0.4) is 0 Å². The van der Waals surface area contributed by atoms with E-state index in [0.29, 0.717) is 25.2 Å². The number of carbonyl (C=O) groups is 2. The average Bonchev–Trinajstić information content (AvgIpc) is 2.72. The molecule has 1 saturated heterocycles. The van der Waals surface area contributed by atoms with Crippen LogP contribution in [0.2, 0.25) is 0 Å². The largest absolute Gasteiger partial charge is 0.497 e. The molecular formula is C20H32N4O3. The monoisotopic (exact) mass is 376 g/mol. The standard InChI is InChI=1S/C20H32N4O3/c1-4-15(2)18(21)20(26)24-13-11-23(12-14-24)10-9-22-19(25)16-5-7-17(27-3)8-6-16/h5-8,15,18H,4,9-14,21H2,1-3H3,(H,22,25). The summed E-state index contributed by atoms with van der Waals surface area (Å²) in [5, 5.41) is 2.94. The molecule has 2 unspecified atom stereocenters. The molecule has 150 valence electrons. The maximum atomic E-state index is 12.4. The number of hydrogen-bond donors (Lipinski definition) is 2. The molecule has 0 radical (unpaired) electrons. The molecule has 1 heterocycles. The summed E-state index contributed by atoms with van der Waals surface area (Å²) in [5.74, 6) is 0.888. The molecule has 2 amide bonds. The van der Waals surface area contributed by atoms with Gasteiger partial charge in [0.2, 0.25) is 5.91 Å². The van der Waals surface area contributed by atoms with Crippen LogP contribution < -0.4 is 15.8 Å². The van der Waals surface area contributed by atoms with Gasteiger partial charge < -0.3 is 20.7 Å². The minimum absolute atomic E-state index is 0.0526. The third-order valence-corrected chi connectivity index (χ3v) is 5.29. The normalized spacial score (nSPS) is 17.3. The van der Waals surface area contributed by atoms with Crippen molar-refractivity contribution in [2.45, 2.75) is 26.3 Å². The number of methoxy groups -OCH3 is 1. The Labute approximate surface area is 161 Å². The first-order valence-electron chi connectivity index (χ1n) is 9.65. The van der Waals surface area contributed by atoms with Crippen molar-refractivity contribution >= 4 is 11.8 Å². The van der Waals surface area contributed by atoms with E-state index in [1.54, 1.807) is 31.4 Å². The van der Waals surface area contributed by atoms with E-state index in [4.69, 9.17) is 10.5 Å². The lowest BCUT2D eigenvalue weighted by atomic mass is 9.98. The van der Waals surface area contributed by atoms with Crippen LogP contribution in [-0.4, -0.2) is 74.0 Å². The zero-order valence-electron chi connectivity index (χ0n) is 16.6. The Kier molecular flexibility index (Phi) is 8.06. The van der Waals surface area contributed by atoms with E-state index >= 15 is 0 Å². The van der Waals surface area contributed by atoms with Crippen LogP contribution in [-0.2, 0) is 4.79 Å². The second-order valence-corrected chi connectivity index (χ2v) is 7.06. The number of carbonyl (C=O) groups excluding carboxylic acids is 2. The number of rotatable bonds is 8. The van der Waals surface area contributed by atoms with E-state index in [1.165, 1.54) is 0 Å². The molecule has 7 heteroatoms. The van der Waals surface area contributed by atoms with Gasteiger partial charge in [-0.25, -0.2) is 0 Å². The van der Waals surface area contributed by atoms with Gasteiger partial charge in [-0.1, -0.05) is 20.3 Å².